The van der Waals surface area contributed by atoms with Crippen LogP contribution in [0.5, 0.6) is 0 Å². The molecule has 1 spiro atoms. The summed E-state index contributed by atoms with van der Waals surface area (Å²) in [5.41, 5.74) is 0.519. The number of fused-ring (bicyclic) bond motifs is 4. The van der Waals surface area contributed by atoms with Crippen molar-refractivity contribution in [2.24, 2.45) is 5.41 Å². The number of esters is 1. The number of rotatable bonds is 3. The number of anilines is 1. The van der Waals surface area contributed by atoms with Crippen molar-refractivity contribution in [3.05, 3.63) is 47.2 Å². The fourth-order valence-electron chi connectivity index (χ4n) is 6.18. The lowest BCUT2D eigenvalue weighted by atomic mass is 9.60. The summed E-state index contributed by atoms with van der Waals surface area (Å²) in [4.78, 5) is 27.2. The van der Waals surface area contributed by atoms with Crippen molar-refractivity contribution in [3.8, 4) is 0 Å². The number of ether oxygens (including phenoxy) is 1. The Morgan fingerprint density at radius 3 is 2.82 bits per heavy atom. The van der Waals surface area contributed by atoms with E-state index in [9.17, 15) is 14.8 Å². The smallest absolute Gasteiger partial charge is 0.330 e. The van der Waals surface area contributed by atoms with Crippen molar-refractivity contribution in [3.63, 3.8) is 0 Å². The Bertz CT molecular complexity index is 853. The average molecular weight is 384 g/mol. The number of nitrogens with zero attached hydrogens (tertiary/aromatic N) is 2. The molecule has 6 nitrogen and oxygen atoms in total. The lowest BCUT2D eigenvalue weighted by molar-refractivity contribution is -0.907. The van der Waals surface area contributed by atoms with Crippen molar-refractivity contribution in [1.29, 1.82) is 0 Å². The van der Waals surface area contributed by atoms with E-state index in [1.807, 2.05) is 30.3 Å². The van der Waals surface area contributed by atoms with E-state index in [1.165, 1.54) is 13.2 Å². The number of para-hydroxylation sites is 1. The van der Waals surface area contributed by atoms with Gasteiger partial charge in [0.15, 0.2) is 0 Å². The summed E-state index contributed by atoms with van der Waals surface area (Å²) in [6.07, 6.45) is 6.16. The molecule has 0 saturated carbocycles. The molecule has 2 fully saturated rings. The first kappa shape index (κ1) is 19.2. The summed E-state index contributed by atoms with van der Waals surface area (Å²) >= 11 is 0. The van der Waals surface area contributed by atoms with Crippen LogP contribution in [0.15, 0.2) is 36.4 Å². The highest BCUT2D eigenvalue weighted by molar-refractivity contribution is 6.08. The molecule has 0 N–H and O–H groups in total. The van der Waals surface area contributed by atoms with Crippen LogP contribution in [0.25, 0.3) is 0 Å². The Balaban J connectivity index is 1.92. The number of carbonyl (C=O) groups excluding carboxylic acids is 2. The van der Waals surface area contributed by atoms with Gasteiger partial charge in [0.25, 0.3) is 0 Å². The summed E-state index contributed by atoms with van der Waals surface area (Å²) in [7, 11) is 3.15. The fraction of sp³-hybridized carbons (Fsp3) is 0.545. The first-order valence-electron chi connectivity index (χ1n) is 10.1. The second-order valence-corrected chi connectivity index (χ2v) is 8.45. The number of methoxy groups -OCH3 is 1. The van der Waals surface area contributed by atoms with Gasteiger partial charge in [-0.1, -0.05) is 31.2 Å². The predicted octanol–water partition coefficient (Wildman–Crippen LogP) is 2.91. The van der Waals surface area contributed by atoms with Gasteiger partial charge in [-0.25, -0.2) is 4.79 Å². The SMILES string of the molecule is CC[C@@]1(/C=C/C(=O)OC)CCC[N@+]2([O-])CC[C@]3(C(=O)N(C)c4ccccc43)[C@H]12. The Hall–Kier alpha value is -2.18. The normalized spacial score (nSPS) is 36.8. The van der Waals surface area contributed by atoms with Crippen LogP contribution in [-0.2, 0) is 19.7 Å². The van der Waals surface area contributed by atoms with Crippen LogP contribution in [0.1, 0.15) is 38.2 Å². The molecule has 1 aromatic carbocycles. The van der Waals surface area contributed by atoms with E-state index in [0.29, 0.717) is 25.9 Å². The monoisotopic (exact) mass is 384 g/mol. The topological polar surface area (TPSA) is 69.7 Å². The van der Waals surface area contributed by atoms with E-state index in [0.717, 1.165) is 24.1 Å². The number of hydrogen-bond acceptors (Lipinski definition) is 4. The number of piperidine rings is 1. The zero-order valence-corrected chi connectivity index (χ0v) is 16.8. The summed E-state index contributed by atoms with van der Waals surface area (Å²) in [6, 6.07) is 7.41. The molecule has 0 unspecified atom stereocenters. The molecule has 0 bridgehead atoms. The van der Waals surface area contributed by atoms with E-state index in [1.54, 1.807) is 11.9 Å². The molecule has 1 amide bonds. The third-order valence-corrected chi connectivity index (χ3v) is 7.39. The van der Waals surface area contributed by atoms with Gasteiger partial charge in [0.05, 0.1) is 20.2 Å². The Morgan fingerprint density at radius 2 is 2.11 bits per heavy atom. The zero-order chi connectivity index (χ0) is 20.2. The maximum Gasteiger partial charge on any atom is 0.330 e. The number of likely N-dealkylation sites (N-methyl/N-ethyl adjacent to an activating group) is 1. The van der Waals surface area contributed by atoms with Crippen LogP contribution >= 0.6 is 0 Å². The largest absolute Gasteiger partial charge is 0.633 e. The molecule has 0 aliphatic carbocycles. The molecule has 0 radical (unpaired) electrons. The van der Waals surface area contributed by atoms with E-state index in [4.69, 9.17) is 4.74 Å². The molecule has 28 heavy (non-hydrogen) atoms. The van der Waals surface area contributed by atoms with Crippen molar-refractivity contribution >= 4 is 17.6 Å². The average Bonchev–Trinajstić information content (AvgIpc) is 3.15. The van der Waals surface area contributed by atoms with Crippen LogP contribution in [0.3, 0.4) is 0 Å². The number of hydrogen-bond donors (Lipinski definition) is 0. The van der Waals surface area contributed by atoms with Crippen LogP contribution < -0.4 is 4.90 Å². The molecular weight excluding hydrogens is 356 g/mol. The third kappa shape index (κ3) is 2.34. The lowest BCUT2D eigenvalue weighted by Gasteiger charge is -2.57. The van der Waals surface area contributed by atoms with Gasteiger partial charge in [0, 0.05) is 30.6 Å². The van der Waals surface area contributed by atoms with Crippen molar-refractivity contribution in [2.45, 2.75) is 44.1 Å². The highest BCUT2D eigenvalue weighted by Gasteiger charge is 2.70. The van der Waals surface area contributed by atoms with Crippen LogP contribution in [0.4, 0.5) is 5.69 Å². The molecule has 150 valence electrons. The van der Waals surface area contributed by atoms with Gasteiger partial charge < -0.3 is 19.5 Å². The first-order valence-corrected chi connectivity index (χ1v) is 10.1. The number of carbonyl (C=O) groups is 2. The van der Waals surface area contributed by atoms with Gasteiger partial charge in [0.1, 0.15) is 11.5 Å². The quantitative estimate of drug-likeness (QED) is 0.348. The van der Waals surface area contributed by atoms with Gasteiger partial charge in [-0.3, -0.25) is 4.79 Å². The standard InChI is InChI=1S/C22H28N2O4/c1-4-21(12-10-18(25)28-3)11-7-14-24(27)15-13-22(19(21)24)16-8-5-6-9-17(16)23(2)20(22)26/h5-6,8-10,12,19H,4,7,11,13-15H2,1-3H3/b12-10+/t19-,21-,22+,24-/m0/s1. The van der Waals surface area contributed by atoms with Crippen LogP contribution in [0.2, 0.25) is 0 Å². The van der Waals surface area contributed by atoms with E-state index >= 15 is 0 Å². The van der Waals surface area contributed by atoms with E-state index in [-0.39, 0.29) is 10.6 Å². The van der Waals surface area contributed by atoms with Gasteiger partial charge in [-0.15, -0.1) is 0 Å². The van der Waals surface area contributed by atoms with Gasteiger partial charge in [-0.05, 0) is 30.9 Å². The van der Waals surface area contributed by atoms with Crippen molar-refractivity contribution < 1.29 is 19.0 Å². The second kappa shape index (κ2) is 6.42. The summed E-state index contributed by atoms with van der Waals surface area (Å²) < 4.78 is 4.44. The van der Waals surface area contributed by atoms with Gasteiger partial charge in [0.2, 0.25) is 5.91 Å². The first-order chi connectivity index (χ1) is 13.3. The van der Waals surface area contributed by atoms with E-state index in [2.05, 4.69) is 6.92 Å². The minimum Gasteiger partial charge on any atom is -0.633 e. The molecule has 3 aliphatic heterocycles. The number of hydroxylamine groups is 3. The second-order valence-electron chi connectivity index (χ2n) is 8.45. The minimum absolute atomic E-state index is 0.0146. The van der Waals surface area contributed by atoms with Crippen LogP contribution in [0, 0.1) is 10.6 Å². The lowest BCUT2D eigenvalue weighted by Crippen LogP contribution is -2.65. The van der Waals surface area contributed by atoms with Crippen LogP contribution in [-0.4, -0.2) is 49.8 Å². The molecular formula is C22H28N2O4. The molecule has 2 saturated heterocycles. The Kier molecular flexibility index (Phi) is 4.39. The molecule has 0 aromatic heterocycles. The number of benzene rings is 1. The van der Waals surface area contributed by atoms with Gasteiger partial charge in [-0.2, -0.15) is 0 Å². The molecule has 3 aliphatic rings. The van der Waals surface area contributed by atoms with Crippen molar-refractivity contribution in [2.75, 3.05) is 32.1 Å². The third-order valence-electron chi connectivity index (χ3n) is 7.39. The molecule has 3 heterocycles. The minimum atomic E-state index is -0.829. The molecule has 6 heteroatoms. The fourth-order valence-corrected chi connectivity index (χ4v) is 6.18. The Morgan fingerprint density at radius 1 is 1.36 bits per heavy atom. The highest BCUT2D eigenvalue weighted by Crippen LogP contribution is 2.61. The molecule has 4 rings (SSSR count). The predicted molar refractivity (Wildman–Crippen MR) is 106 cm³/mol. The summed E-state index contributed by atoms with van der Waals surface area (Å²) in [5, 5.41) is 14.0. The van der Waals surface area contributed by atoms with Crippen molar-refractivity contribution in [1.82, 2.24) is 0 Å². The van der Waals surface area contributed by atoms with E-state index < -0.39 is 22.8 Å². The molecule has 4 atom stereocenters. The summed E-state index contributed by atoms with van der Waals surface area (Å²) in [6.45, 7) is 3.02. The zero-order valence-electron chi connectivity index (χ0n) is 16.8. The molecule has 1 aromatic rings. The maximum atomic E-state index is 14.0. The number of amides is 1. The Labute approximate surface area is 165 Å². The summed E-state index contributed by atoms with van der Waals surface area (Å²) in [5.74, 6) is -0.412. The highest BCUT2D eigenvalue weighted by atomic mass is 16.6. The maximum absolute atomic E-state index is 14.0. The van der Waals surface area contributed by atoms with Gasteiger partial charge >= 0.3 is 5.97 Å². The number of quaternary nitrogens is 1.